The van der Waals surface area contributed by atoms with Gasteiger partial charge in [0, 0.05) is 13.2 Å². The molecule has 1 atom stereocenters. The molecule has 0 aromatic carbocycles. The Hall–Kier alpha value is -0.0800. The van der Waals surface area contributed by atoms with Crippen LogP contribution in [0.2, 0.25) is 0 Å². The molecule has 0 spiro atoms. The molecule has 78 valence electrons. The molecule has 2 nitrogen and oxygen atoms in total. The van der Waals surface area contributed by atoms with Crippen LogP contribution in [0, 0.1) is 11.8 Å². The van der Waals surface area contributed by atoms with Crippen LogP contribution < -0.4 is 0 Å². The topological polar surface area (TPSA) is 29.5 Å². The van der Waals surface area contributed by atoms with E-state index in [1.54, 1.807) is 0 Å². The average molecular weight is 186 g/mol. The number of hydrogen-bond acceptors (Lipinski definition) is 2. The van der Waals surface area contributed by atoms with Crippen molar-refractivity contribution in [2.45, 2.75) is 45.6 Å². The Labute approximate surface area is 81.3 Å². The quantitative estimate of drug-likeness (QED) is 0.729. The summed E-state index contributed by atoms with van der Waals surface area (Å²) >= 11 is 0. The van der Waals surface area contributed by atoms with Gasteiger partial charge >= 0.3 is 0 Å². The van der Waals surface area contributed by atoms with Gasteiger partial charge in [-0.05, 0) is 51.4 Å². The van der Waals surface area contributed by atoms with Crippen molar-refractivity contribution in [3.05, 3.63) is 0 Å². The average Bonchev–Trinajstić information content (AvgIpc) is 2.18. The van der Waals surface area contributed by atoms with E-state index in [0.717, 1.165) is 12.5 Å². The second-order valence-electron chi connectivity index (χ2n) is 4.12. The molecule has 1 N–H and O–H groups in total. The summed E-state index contributed by atoms with van der Waals surface area (Å²) < 4.78 is 5.59. The maximum atomic E-state index is 8.99. The molecular formula is C11H22O2. The Morgan fingerprint density at radius 3 is 2.38 bits per heavy atom. The molecule has 13 heavy (non-hydrogen) atoms. The van der Waals surface area contributed by atoms with Crippen molar-refractivity contribution >= 4 is 0 Å². The van der Waals surface area contributed by atoms with Crippen molar-refractivity contribution in [1.82, 2.24) is 0 Å². The molecule has 2 heteroatoms. The lowest BCUT2D eigenvalue weighted by Crippen LogP contribution is -2.26. The molecule has 1 saturated carbocycles. The summed E-state index contributed by atoms with van der Waals surface area (Å²) in [4.78, 5) is 0. The monoisotopic (exact) mass is 186 g/mol. The first-order valence-electron chi connectivity index (χ1n) is 5.50. The van der Waals surface area contributed by atoms with Crippen LogP contribution >= 0.6 is 0 Å². The minimum absolute atomic E-state index is 0.371. The third-order valence-corrected chi connectivity index (χ3v) is 3.24. The highest BCUT2D eigenvalue weighted by Crippen LogP contribution is 2.31. The van der Waals surface area contributed by atoms with Crippen molar-refractivity contribution in [2.75, 3.05) is 13.2 Å². The maximum absolute atomic E-state index is 8.99. The molecule has 1 rings (SSSR count). The summed E-state index contributed by atoms with van der Waals surface area (Å²) in [6.45, 7) is 5.42. The molecular weight excluding hydrogens is 164 g/mol. The third kappa shape index (κ3) is 3.28. The fourth-order valence-electron chi connectivity index (χ4n) is 2.24. The van der Waals surface area contributed by atoms with Crippen LogP contribution in [0.15, 0.2) is 0 Å². The molecule has 0 aromatic rings. The number of rotatable bonds is 4. The molecule has 0 radical (unpaired) electrons. The van der Waals surface area contributed by atoms with E-state index in [-0.39, 0.29) is 0 Å². The Balaban J connectivity index is 2.23. The van der Waals surface area contributed by atoms with Gasteiger partial charge in [-0.1, -0.05) is 0 Å². The summed E-state index contributed by atoms with van der Waals surface area (Å²) in [7, 11) is 0. The Morgan fingerprint density at radius 2 is 1.92 bits per heavy atom. The van der Waals surface area contributed by atoms with E-state index in [9.17, 15) is 0 Å². The predicted octanol–water partition coefficient (Wildman–Crippen LogP) is 2.21. The van der Waals surface area contributed by atoms with E-state index in [2.05, 4.69) is 13.8 Å². The first-order chi connectivity index (χ1) is 6.27. The summed E-state index contributed by atoms with van der Waals surface area (Å²) in [6.07, 6.45) is 5.22. The van der Waals surface area contributed by atoms with E-state index in [0.29, 0.717) is 18.6 Å². The zero-order valence-electron chi connectivity index (χ0n) is 8.83. The molecule has 0 aliphatic heterocycles. The minimum Gasteiger partial charge on any atom is -0.396 e. The smallest absolute Gasteiger partial charge is 0.0575 e. The molecule has 1 fully saturated rings. The summed E-state index contributed by atoms with van der Waals surface area (Å²) in [5.41, 5.74) is 0. The van der Waals surface area contributed by atoms with Crippen LogP contribution in [0.1, 0.15) is 39.5 Å². The van der Waals surface area contributed by atoms with E-state index >= 15 is 0 Å². The van der Waals surface area contributed by atoms with Crippen molar-refractivity contribution in [1.29, 1.82) is 0 Å². The molecule has 0 bridgehead atoms. The Bertz CT molecular complexity index is 128. The third-order valence-electron chi connectivity index (χ3n) is 3.24. The van der Waals surface area contributed by atoms with Crippen LogP contribution in [-0.2, 0) is 4.74 Å². The fraction of sp³-hybridized carbons (Fsp3) is 1.00. The Morgan fingerprint density at radius 1 is 1.31 bits per heavy atom. The molecule has 0 heterocycles. The van der Waals surface area contributed by atoms with Gasteiger partial charge in [0.25, 0.3) is 0 Å². The largest absolute Gasteiger partial charge is 0.396 e. The molecule has 1 aliphatic rings. The number of ether oxygens (including phenoxy) is 1. The number of aliphatic hydroxyl groups excluding tert-OH is 1. The second-order valence-corrected chi connectivity index (χ2v) is 4.12. The van der Waals surface area contributed by atoms with Crippen LogP contribution in [-0.4, -0.2) is 24.4 Å². The van der Waals surface area contributed by atoms with Gasteiger partial charge in [-0.25, -0.2) is 0 Å². The van der Waals surface area contributed by atoms with Gasteiger partial charge in [0.2, 0.25) is 0 Å². The highest BCUT2D eigenvalue weighted by molar-refractivity contribution is 4.75. The predicted molar refractivity (Wildman–Crippen MR) is 53.6 cm³/mol. The fourth-order valence-corrected chi connectivity index (χ4v) is 2.24. The van der Waals surface area contributed by atoms with Gasteiger partial charge in [-0.2, -0.15) is 0 Å². The van der Waals surface area contributed by atoms with Crippen LogP contribution in [0.5, 0.6) is 0 Å². The van der Waals surface area contributed by atoms with Gasteiger partial charge in [-0.15, -0.1) is 0 Å². The molecule has 1 aliphatic carbocycles. The molecule has 0 saturated heterocycles. The van der Waals surface area contributed by atoms with Gasteiger partial charge in [-0.3, -0.25) is 0 Å². The lowest BCUT2D eigenvalue weighted by atomic mass is 9.80. The van der Waals surface area contributed by atoms with Crippen LogP contribution in [0.4, 0.5) is 0 Å². The first-order valence-corrected chi connectivity index (χ1v) is 5.50. The normalized spacial score (nSPS) is 31.6. The van der Waals surface area contributed by atoms with Gasteiger partial charge in [0.05, 0.1) is 6.10 Å². The van der Waals surface area contributed by atoms with E-state index < -0.39 is 0 Å². The molecule has 0 aromatic heterocycles. The SMILES string of the molecule is CCOC(C)C1CCC(CO)CC1. The molecule has 1 unspecified atom stereocenters. The summed E-state index contributed by atoms with van der Waals surface area (Å²) in [5.74, 6) is 1.29. The number of aliphatic hydroxyl groups is 1. The van der Waals surface area contributed by atoms with Crippen LogP contribution in [0.25, 0.3) is 0 Å². The molecule has 0 amide bonds. The highest BCUT2D eigenvalue weighted by Gasteiger charge is 2.24. The van der Waals surface area contributed by atoms with Crippen molar-refractivity contribution in [3.8, 4) is 0 Å². The highest BCUT2D eigenvalue weighted by atomic mass is 16.5. The Kier molecular flexibility index (Phi) is 4.74. The number of hydrogen-bond donors (Lipinski definition) is 1. The van der Waals surface area contributed by atoms with E-state index in [4.69, 9.17) is 9.84 Å². The van der Waals surface area contributed by atoms with E-state index in [1.165, 1.54) is 25.7 Å². The van der Waals surface area contributed by atoms with Gasteiger partial charge in [0.1, 0.15) is 0 Å². The van der Waals surface area contributed by atoms with Gasteiger partial charge in [0.15, 0.2) is 0 Å². The summed E-state index contributed by atoms with van der Waals surface area (Å²) in [6, 6.07) is 0. The van der Waals surface area contributed by atoms with Crippen LogP contribution in [0.3, 0.4) is 0 Å². The lowest BCUT2D eigenvalue weighted by molar-refractivity contribution is 0.0107. The second kappa shape index (κ2) is 5.61. The summed E-state index contributed by atoms with van der Waals surface area (Å²) in [5, 5.41) is 8.99. The standard InChI is InChI=1S/C11H22O2/c1-3-13-9(2)11-6-4-10(8-12)5-7-11/h9-12H,3-8H2,1-2H3. The first kappa shape index (κ1) is 11.0. The minimum atomic E-state index is 0.371. The van der Waals surface area contributed by atoms with Crippen molar-refractivity contribution in [3.63, 3.8) is 0 Å². The zero-order chi connectivity index (χ0) is 9.68. The zero-order valence-corrected chi connectivity index (χ0v) is 8.83. The maximum Gasteiger partial charge on any atom is 0.0575 e. The van der Waals surface area contributed by atoms with Gasteiger partial charge < -0.3 is 9.84 Å². The lowest BCUT2D eigenvalue weighted by Gasteiger charge is -2.31. The van der Waals surface area contributed by atoms with E-state index in [1.807, 2.05) is 0 Å². The van der Waals surface area contributed by atoms with Crippen molar-refractivity contribution < 1.29 is 9.84 Å². The van der Waals surface area contributed by atoms with Crippen molar-refractivity contribution in [2.24, 2.45) is 11.8 Å².